The van der Waals surface area contributed by atoms with E-state index in [1.165, 1.54) is 5.56 Å². The van der Waals surface area contributed by atoms with Gasteiger partial charge in [0.25, 0.3) is 0 Å². The van der Waals surface area contributed by atoms with Gasteiger partial charge in [-0.05, 0) is 30.0 Å². The van der Waals surface area contributed by atoms with E-state index >= 15 is 0 Å². The lowest BCUT2D eigenvalue weighted by Gasteiger charge is -1.96. The molecule has 0 unspecified atom stereocenters. The number of halogens is 1. The fourth-order valence-electron chi connectivity index (χ4n) is 1.46. The maximum Gasteiger partial charge on any atom is 0.123 e. The Labute approximate surface area is 76.4 Å². The predicted molar refractivity (Wildman–Crippen MR) is 48.4 cm³/mol. The van der Waals surface area contributed by atoms with Crippen molar-refractivity contribution in [2.24, 2.45) is 5.92 Å². The summed E-state index contributed by atoms with van der Waals surface area (Å²) in [6.45, 7) is 0. The minimum Gasteiger partial charge on any atom is -0.303 e. The molecule has 0 heterocycles. The number of aldehydes is 1. The Morgan fingerprint density at radius 3 is 2.50 bits per heavy atom. The third-order valence-corrected chi connectivity index (χ3v) is 2.56. The average molecular weight is 181 g/mol. The highest BCUT2D eigenvalue weighted by molar-refractivity contribution is 6.30. The molecule has 1 aliphatic carbocycles. The molecule has 2 rings (SSSR count). The molecule has 0 spiro atoms. The van der Waals surface area contributed by atoms with Crippen LogP contribution in [0.3, 0.4) is 0 Å². The van der Waals surface area contributed by atoms with E-state index in [0.29, 0.717) is 5.92 Å². The maximum absolute atomic E-state index is 10.4. The summed E-state index contributed by atoms with van der Waals surface area (Å²) < 4.78 is 0. The van der Waals surface area contributed by atoms with Gasteiger partial charge in [-0.15, -0.1) is 0 Å². The zero-order valence-electron chi connectivity index (χ0n) is 6.53. The summed E-state index contributed by atoms with van der Waals surface area (Å²) in [6, 6.07) is 7.74. The lowest BCUT2D eigenvalue weighted by molar-refractivity contribution is -0.108. The molecule has 0 aromatic heterocycles. The average Bonchev–Trinajstić information content (AvgIpc) is 2.85. The van der Waals surface area contributed by atoms with Gasteiger partial charge in [-0.3, -0.25) is 0 Å². The van der Waals surface area contributed by atoms with Crippen LogP contribution >= 0.6 is 11.6 Å². The van der Waals surface area contributed by atoms with Gasteiger partial charge in [0.1, 0.15) is 6.29 Å². The van der Waals surface area contributed by atoms with Gasteiger partial charge in [-0.1, -0.05) is 23.7 Å². The molecular weight excluding hydrogens is 172 g/mol. The first kappa shape index (κ1) is 7.81. The summed E-state index contributed by atoms with van der Waals surface area (Å²) in [5.74, 6) is 0.714. The summed E-state index contributed by atoms with van der Waals surface area (Å²) in [6.07, 6.45) is 2.05. The lowest BCUT2D eigenvalue weighted by Crippen LogP contribution is -1.83. The number of hydrogen-bond acceptors (Lipinski definition) is 1. The van der Waals surface area contributed by atoms with Crippen LogP contribution in [0.5, 0.6) is 0 Å². The zero-order valence-corrected chi connectivity index (χ0v) is 7.29. The van der Waals surface area contributed by atoms with Gasteiger partial charge in [0.2, 0.25) is 0 Å². The smallest absolute Gasteiger partial charge is 0.123 e. The minimum absolute atomic E-state index is 0.256. The van der Waals surface area contributed by atoms with Gasteiger partial charge in [-0.2, -0.15) is 0 Å². The highest BCUT2D eigenvalue weighted by Gasteiger charge is 2.37. The van der Waals surface area contributed by atoms with E-state index in [2.05, 4.69) is 0 Å². The van der Waals surface area contributed by atoms with Crippen LogP contribution in [-0.2, 0) is 4.79 Å². The molecule has 1 saturated carbocycles. The van der Waals surface area contributed by atoms with Gasteiger partial charge in [-0.25, -0.2) is 0 Å². The van der Waals surface area contributed by atoms with Crippen LogP contribution in [0.4, 0.5) is 0 Å². The summed E-state index contributed by atoms with van der Waals surface area (Å²) >= 11 is 5.74. The Morgan fingerprint density at radius 2 is 2.00 bits per heavy atom. The van der Waals surface area contributed by atoms with Crippen molar-refractivity contribution in [3.05, 3.63) is 34.9 Å². The topological polar surface area (TPSA) is 17.1 Å². The van der Waals surface area contributed by atoms with Gasteiger partial charge >= 0.3 is 0 Å². The SMILES string of the molecule is O=C[C@@H]1C[C@@H]1c1ccc(Cl)cc1. The summed E-state index contributed by atoms with van der Waals surface area (Å²) in [4.78, 5) is 10.4. The Hall–Kier alpha value is -0.820. The zero-order chi connectivity index (χ0) is 8.55. The Morgan fingerprint density at radius 1 is 1.33 bits per heavy atom. The number of carbonyl (C=O) groups excluding carboxylic acids is 1. The van der Waals surface area contributed by atoms with Crippen LogP contribution in [0.2, 0.25) is 5.02 Å². The van der Waals surface area contributed by atoms with E-state index < -0.39 is 0 Å². The predicted octanol–water partition coefficient (Wildman–Crippen LogP) is 2.64. The number of benzene rings is 1. The number of carbonyl (C=O) groups is 1. The van der Waals surface area contributed by atoms with Crippen LogP contribution in [0.25, 0.3) is 0 Å². The minimum atomic E-state index is 0.256. The lowest BCUT2D eigenvalue weighted by atomic mass is 10.1. The Bertz CT molecular complexity index is 291. The molecule has 0 saturated heterocycles. The second-order valence-electron chi connectivity index (χ2n) is 3.19. The number of hydrogen-bond donors (Lipinski definition) is 0. The standard InChI is InChI=1S/C10H9ClO/c11-9-3-1-7(2-4-9)10-5-8(10)6-12/h1-4,6,8,10H,5H2/t8-,10+/m0/s1. The molecule has 0 amide bonds. The van der Waals surface area contributed by atoms with Crippen LogP contribution < -0.4 is 0 Å². The molecule has 0 N–H and O–H groups in total. The van der Waals surface area contributed by atoms with Crippen molar-refractivity contribution >= 4 is 17.9 Å². The molecule has 1 aromatic carbocycles. The summed E-state index contributed by atoms with van der Waals surface area (Å²) in [5, 5.41) is 0.752. The summed E-state index contributed by atoms with van der Waals surface area (Å²) in [5.41, 5.74) is 1.23. The Kier molecular flexibility index (Phi) is 1.89. The van der Waals surface area contributed by atoms with Crippen molar-refractivity contribution in [2.45, 2.75) is 12.3 Å². The molecule has 2 atom stereocenters. The summed E-state index contributed by atoms with van der Waals surface area (Å²) in [7, 11) is 0. The monoisotopic (exact) mass is 180 g/mol. The quantitative estimate of drug-likeness (QED) is 0.640. The second-order valence-corrected chi connectivity index (χ2v) is 3.63. The highest BCUT2D eigenvalue weighted by Crippen LogP contribution is 2.45. The van der Waals surface area contributed by atoms with Gasteiger partial charge in [0.15, 0.2) is 0 Å². The van der Waals surface area contributed by atoms with Crippen molar-refractivity contribution in [3.63, 3.8) is 0 Å². The van der Waals surface area contributed by atoms with Crippen molar-refractivity contribution in [1.29, 1.82) is 0 Å². The molecular formula is C10H9ClO. The van der Waals surface area contributed by atoms with Crippen molar-refractivity contribution in [2.75, 3.05) is 0 Å². The Balaban J connectivity index is 2.15. The second kappa shape index (κ2) is 2.91. The van der Waals surface area contributed by atoms with Crippen LogP contribution in [0.15, 0.2) is 24.3 Å². The fraction of sp³-hybridized carbons (Fsp3) is 0.300. The molecule has 12 heavy (non-hydrogen) atoms. The van der Waals surface area contributed by atoms with Gasteiger partial charge < -0.3 is 4.79 Å². The number of rotatable bonds is 2. The maximum atomic E-state index is 10.4. The van der Waals surface area contributed by atoms with E-state index in [1.54, 1.807) is 0 Å². The van der Waals surface area contributed by atoms with Crippen molar-refractivity contribution < 1.29 is 4.79 Å². The van der Waals surface area contributed by atoms with E-state index in [4.69, 9.17) is 11.6 Å². The van der Waals surface area contributed by atoms with Crippen molar-refractivity contribution in [3.8, 4) is 0 Å². The molecule has 1 aliphatic rings. The first-order valence-corrected chi connectivity index (χ1v) is 4.40. The van der Waals surface area contributed by atoms with Crippen LogP contribution in [0, 0.1) is 5.92 Å². The van der Waals surface area contributed by atoms with E-state index in [-0.39, 0.29) is 5.92 Å². The largest absolute Gasteiger partial charge is 0.303 e. The molecule has 1 fully saturated rings. The molecule has 1 aromatic rings. The van der Waals surface area contributed by atoms with Gasteiger partial charge in [0, 0.05) is 10.9 Å². The third kappa shape index (κ3) is 1.37. The van der Waals surface area contributed by atoms with Crippen LogP contribution in [0.1, 0.15) is 17.9 Å². The molecule has 0 bridgehead atoms. The fourth-order valence-corrected chi connectivity index (χ4v) is 1.58. The first-order valence-electron chi connectivity index (χ1n) is 4.02. The molecule has 2 heteroatoms. The van der Waals surface area contributed by atoms with Gasteiger partial charge in [0.05, 0.1) is 0 Å². The van der Waals surface area contributed by atoms with E-state index in [0.717, 1.165) is 17.7 Å². The van der Waals surface area contributed by atoms with Crippen molar-refractivity contribution in [1.82, 2.24) is 0 Å². The van der Waals surface area contributed by atoms with Crippen LogP contribution in [-0.4, -0.2) is 6.29 Å². The molecule has 0 radical (unpaired) electrons. The highest BCUT2D eigenvalue weighted by atomic mass is 35.5. The molecule has 62 valence electrons. The molecule has 0 aliphatic heterocycles. The van der Waals surface area contributed by atoms with E-state index in [9.17, 15) is 4.79 Å². The first-order chi connectivity index (χ1) is 5.81. The molecule has 1 nitrogen and oxygen atoms in total. The third-order valence-electron chi connectivity index (χ3n) is 2.31. The van der Waals surface area contributed by atoms with E-state index in [1.807, 2.05) is 24.3 Å². The normalized spacial score (nSPS) is 26.8.